The first-order valence-electron chi connectivity index (χ1n) is 10.1. The third kappa shape index (κ3) is 3.17. The molecule has 10 heteroatoms. The zero-order valence-electron chi connectivity index (χ0n) is 16.8. The maximum absolute atomic E-state index is 12.5. The van der Waals surface area contributed by atoms with Gasteiger partial charge in [0.25, 0.3) is 5.56 Å². The van der Waals surface area contributed by atoms with Gasteiger partial charge < -0.3 is 4.57 Å². The van der Waals surface area contributed by atoms with Crippen LogP contribution in [0.2, 0.25) is 0 Å². The summed E-state index contributed by atoms with van der Waals surface area (Å²) < 4.78 is 6.48. The Kier molecular flexibility index (Phi) is 4.43. The van der Waals surface area contributed by atoms with Crippen LogP contribution in [-0.2, 0) is 19.3 Å². The van der Waals surface area contributed by atoms with E-state index in [1.54, 1.807) is 23.4 Å². The molecular formula is C21H19N7OS2. The molecule has 0 amide bonds. The molecule has 0 N–H and O–H groups in total. The monoisotopic (exact) mass is 449 g/mol. The quantitative estimate of drug-likeness (QED) is 0.369. The molecule has 31 heavy (non-hydrogen) atoms. The molecular weight excluding hydrogens is 430 g/mol. The summed E-state index contributed by atoms with van der Waals surface area (Å²) >= 11 is 3.05. The van der Waals surface area contributed by atoms with Gasteiger partial charge in [-0.05, 0) is 29.9 Å². The summed E-state index contributed by atoms with van der Waals surface area (Å²) in [5.74, 6) is 3.51. The number of fused-ring (bicyclic) bond motifs is 3. The zero-order valence-corrected chi connectivity index (χ0v) is 18.4. The van der Waals surface area contributed by atoms with Gasteiger partial charge in [-0.3, -0.25) is 13.8 Å². The molecule has 0 radical (unpaired) electrons. The van der Waals surface area contributed by atoms with Gasteiger partial charge in [-0.25, -0.2) is 0 Å². The van der Waals surface area contributed by atoms with Gasteiger partial charge in [0.05, 0.1) is 17.8 Å². The molecule has 0 atom stereocenters. The van der Waals surface area contributed by atoms with E-state index in [-0.39, 0.29) is 5.56 Å². The highest BCUT2D eigenvalue weighted by Crippen LogP contribution is 2.40. The minimum absolute atomic E-state index is 0.0409. The molecule has 0 bridgehead atoms. The van der Waals surface area contributed by atoms with Crippen molar-refractivity contribution in [3.05, 3.63) is 69.3 Å². The number of benzene rings is 1. The standard InChI is InChI=1S/C21H19N7OS2/c1-26-19(29)17-15(9-10-30-17)28-16(22-24-20(26)28)12-31-21-25-23-18(14-7-8-14)27(21)11-13-5-3-2-4-6-13/h2-6,9-10,14H,7-8,11-12H2,1H3. The Morgan fingerprint density at radius 1 is 1.10 bits per heavy atom. The molecule has 1 aliphatic rings. The summed E-state index contributed by atoms with van der Waals surface area (Å²) in [6.07, 6.45) is 2.35. The second-order valence-electron chi connectivity index (χ2n) is 7.73. The number of aromatic nitrogens is 7. The van der Waals surface area contributed by atoms with E-state index in [1.807, 2.05) is 21.9 Å². The Morgan fingerprint density at radius 3 is 2.74 bits per heavy atom. The van der Waals surface area contributed by atoms with E-state index in [2.05, 4.69) is 49.2 Å². The number of rotatable bonds is 6. The fourth-order valence-electron chi connectivity index (χ4n) is 3.84. The van der Waals surface area contributed by atoms with E-state index in [0.717, 1.165) is 28.9 Å². The average Bonchev–Trinajstić information content (AvgIpc) is 3.19. The van der Waals surface area contributed by atoms with Crippen LogP contribution in [-0.4, -0.2) is 33.9 Å². The molecule has 156 valence electrons. The van der Waals surface area contributed by atoms with Gasteiger partial charge in [0.2, 0.25) is 5.78 Å². The maximum Gasteiger partial charge on any atom is 0.272 e. The Morgan fingerprint density at radius 2 is 1.94 bits per heavy atom. The molecule has 0 saturated heterocycles. The van der Waals surface area contributed by atoms with Crippen molar-refractivity contribution in [2.75, 3.05) is 0 Å². The van der Waals surface area contributed by atoms with Crippen LogP contribution in [0.1, 0.15) is 36.0 Å². The summed E-state index contributed by atoms with van der Waals surface area (Å²) in [5.41, 5.74) is 2.04. The lowest BCUT2D eigenvalue weighted by atomic mass is 10.2. The lowest BCUT2D eigenvalue weighted by Gasteiger charge is -2.10. The molecule has 0 spiro atoms. The Hall–Kier alpha value is -2.98. The van der Waals surface area contributed by atoms with Crippen molar-refractivity contribution in [2.24, 2.45) is 7.05 Å². The van der Waals surface area contributed by atoms with Crippen molar-refractivity contribution >= 4 is 39.1 Å². The molecule has 4 aromatic heterocycles. The Labute approximate surface area is 185 Å². The lowest BCUT2D eigenvalue weighted by molar-refractivity contribution is 0.667. The minimum Gasteiger partial charge on any atom is -0.301 e. The minimum atomic E-state index is -0.0409. The van der Waals surface area contributed by atoms with E-state index >= 15 is 0 Å². The van der Waals surface area contributed by atoms with Gasteiger partial charge in [-0.2, -0.15) is 0 Å². The zero-order chi connectivity index (χ0) is 20.9. The highest BCUT2D eigenvalue weighted by Gasteiger charge is 2.30. The van der Waals surface area contributed by atoms with Gasteiger partial charge in [-0.1, -0.05) is 42.1 Å². The van der Waals surface area contributed by atoms with E-state index < -0.39 is 0 Å². The van der Waals surface area contributed by atoms with Gasteiger partial charge in [0.15, 0.2) is 5.16 Å². The molecule has 0 unspecified atom stereocenters. The molecule has 1 fully saturated rings. The summed E-state index contributed by atoms with van der Waals surface area (Å²) in [4.78, 5) is 12.5. The van der Waals surface area contributed by atoms with Crippen LogP contribution in [0.15, 0.2) is 51.7 Å². The van der Waals surface area contributed by atoms with Crippen molar-refractivity contribution in [2.45, 2.75) is 36.2 Å². The number of hydrogen-bond acceptors (Lipinski definition) is 7. The molecule has 5 aromatic rings. The van der Waals surface area contributed by atoms with Crippen molar-refractivity contribution in [3.8, 4) is 0 Å². The summed E-state index contributed by atoms with van der Waals surface area (Å²) in [6.45, 7) is 0.756. The first-order valence-corrected chi connectivity index (χ1v) is 12.0. The largest absolute Gasteiger partial charge is 0.301 e. The van der Waals surface area contributed by atoms with Crippen molar-refractivity contribution < 1.29 is 0 Å². The van der Waals surface area contributed by atoms with Crippen LogP contribution in [0.5, 0.6) is 0 Å². The van der Waals surface area contributed by atoms with Gasteiger partial charge >= 0.3 is 0 Å². The van der Waals surface area contributed by atoms with E-state index in [9.17, 15) is 4.79 Å². The normalized spacial score (nSPS) is 14.1. The summed E-state index contributed by atoms with van der Waals surface area (Å²) in [6, 6.07) is 12.4. The highest BCUT2D eigenvalue weighted by atomic mass is 32.2. The molecule has 8 nitrogen and oxygen atoms in total. The van der Waals surface area contributed by atoms with Crippen LogP contribution in [0.4, 0.5) is 0 Å². The number of thiophene rings is 1. The second-order valence-corrected chi connectivity index (χ2v) is 9.58. The summed E-state index contributed by atoms with van der Waals surface area (Å²) in [5, 5.41) is 20.5. The maximum atomic E-state index is 12.5. The third-order valence-electron chi connectivity index (χ3n) is 5.60. The molecule has 0 aliphatic heterocycles. The van der Waals surface area contributed by atoms with Crippen LogP contribution >= 0.6 is 23.1 Å². The molecule has 1 aliphatic carbocycles. The second kappa shape index (κ2) is 7.31. The van der Waals surface area contributed by atoms with Crippen LogP contribution < -0.4 is 5.56 Å². The lowest BCUT2D eigenvalue weighted by Crippen LogP contribution is -2.19. The molecule has 1 aromatic carbocycles. The van der Waals surface area contributed by atoms with Crippen LogP contribution in [0, 0.1) is 0 Å². The van der Waals surface area contributed by atoms with E-state index in [4.69, 9.17) is 0 Å². The fourth-order valence-corrected chi connectivity index (χ4v) is 5.55. The highest BCUT2D eigenvalue weighted by molar-refractivity contribution is 7.98. The number of aryl methyl sites for hydroxylation is 1. The Balaban J connectivity index is 1.36. The predicted octanol–water partition coefficient (Wildman–Crippen LogP) is 3.45. The SMILES string of the molecule is Cn1c(=O)c2sccc2n2c(CSc3nnc(C4CC4)n3Cc3ccccc3)nnc12. The molecule has 1 saturated carbocycles. The number of hydrogen-bond donors (Lipinski definition) is 0. The van der Waals surface area contributed by atoms with E-state index in [0.29, 0.717) is 22.1 Å². The summed E-state index contributed by atoms with van der Waals surface area (Å²) in [7, 11) is 1.74. The first-order chi connectivity index (χ1) is 15.2. The molecule has 4 heterocycles. The van der Waals surface area contributed by atoms with Crippen molar-refractivity contribution in [1.29, 1.82) is 0 Å². The Bertz CT molecular complexity index is 1460. The van der Waals surface area contributed by atoms with Crippen molar-refractivity contribution in [1.82, 2.24) is 33.9 Å². The van der Waals surface area contributed by atoms with Gasteiger partial charge in [0.1, 0.15) is 16.3 Å². The molecule has 6 rings (SSSR count). The first kappa shape index (κ1) is 18.8. The fraction of sp³-hybridized carbons (Fsp3) is 0.286. The van der Waals surface area contributed by atoms with Gasteiger partial charge in [-0.15, -0.1) is 31.7 Å². The topological polar surface area (TPSA) is 82.9 Å². The van der Waals surface area contributed by atoms with E-state index in [1.165, 1.54) is 29.7 Å². The van der Waals surface area contributed by atoms with Crippen LogP contribution in [0.25, 0.3) is 16.0 Å². The number of thioether (sulfide) groups is 1. The van der Waals surface area contributed by atoms with Crippen LogP contribution in [0.3, 0.4) is 0 Å². The smallest absolute Gasteiger partial charge is 0.272 e. The average molecular weight is 450 g/mol. The third-order valence-corrected chi connectivity index (χ3v) is 7.45. The predicted molar refractivity (Wildman–Crippen MR) is 121 cm³/mol. The number of nitrogens with zero attached hydrogens (tertiary/aromatic N) is 7. The van der Waals surface area contributed by atoms with Crippen molar-refractivity contribution in [3.63, 3.8) is 0 Å². The van der Waals surface area contributed by atoms with Gasteiger partial charge in [0, 0.05) is 13.0 Å².